The van der Waals surface area contributed by atoms with Crippen LogP contribution in [0.5, 0.6) is 5.75 Å². The fraction of sp³-hybridized carbons (Fsp3) is 0.342. The lowest BCUT2D eigenvalue weighted by atomic mass is 10.1. The number of rotatable bonds is 16. The van der Waals surface area contributed by atoms with Crippen LogP contribution in [0, 0.1) is 25.6 Å². The number of carbonyl (C=O) groups is 4. The molecule has 290 valence electrons. The summed E-state index contributed by atoms with van der Waals surface area (Å²) in [5.74, 6) is -2.43. The molecule has 5 N–H and O–H groups in total. The Hall–Kier alpha value is -6.72. The van der Waals surface area contributed by atoms with Crippen molar-refractivity contribution >= 4 is 51.7 Å². The minimum absolute atomic E-state index is 0.00390. The Morgan fingerprint density at radius 3 is 2.21 bits per heavy atom. The van der Waals surface area contributed by atoms with E-state index in [4.69, 9.17) is 16.2 Å². The van der Waals surface area contributed by atoms with Gasteiger partial charge in [0, 0.05) is 32.4 Å². The van der Waals surface area contributed by atoms with Crippen LogP contribution in [0.1, 0.15) is 85.6 Å². The number of pyridine rings is 1. The van der Waals surface area contributed by atoms with E-state index in [0.29, 0.717) is 59.7 Å². The molecule has 1 aliphatic rings. The van der Waals surface area contributed by atoms with Crippen molar-refractivity contribution < 1.29 is 28.3 Å². The predicted octanol–water partition coefficient (Wildman–Crippen LogP) is 3.89. The molecule has 0 spiro atoms. The number of carbonyl (C=O) groups excluding carboxylic acids is 4. The van der Waals surface area contributed by atoms with Crippen LogP contribution < -0.4 is 21.5 Å². The third kappa shape index (κ3) is 7.36. The first-order chi connectivity index (χ1) is 26.9. The third-order valence-electron chi connectivity index (χ3n) is 9.51. The van der Waals surface area contributed by atoms with Crippen molar-refractivity contribution in [1.82, 2.24) is 43.6 Å². The van der Waals surface area contributed by atoms with Gasteiger partial charge in [0.25, 0.3) is 11.8 Å². The third-order valence-corrected chi connectivity index (χ3v) is 9.51. The molecule has 1 aromatic carbocycles. The Labute approximate surface area is 319 Å². The molecular formula is C38H41FN12O5. The molecule has 0 unspecified atom stereocenters. The number of ether oxygens (including phenoxy) is 1. The first-order valence-electron chi connectivity index (χ1n) is 18.2. The van der Waals surface area contributed by atoms with E-state index < -0.39 is 23.5 Å². The molecule has 0 bridgehead atoms. The molecule has 0 radical (unpaired) electrons. The van der Waals surface area contributed by atoms with Gasteiger partial charge in [0.1, 0.15) is 39.5 Å². The molecule has 0 atom stereocenters. The summed E-state index contributed by atoms with van der Waals surface area (Å²) in [6.45, 7) is 8.85. The highest BCUT2D eigenvalue weighted by Crippen LogP contribution is 2.36. The van der Waals surface area contributed by atoms with Crippen molar-refractivity contribution in [2.75, 3.05) is 11.9 Å². The highest BCUT2D eigenvalue weighted by atomic mass is 19.1. The van der Waals surface area contributed by atoms with E-state index in [-0.39, 0.29) is 64.8 Å². The molecule has 3 amide bonds. The van der Waals surface area contributed by atoms with E-state index >= 15 is 4.39 Å². The Bertz CT molecular complexity index is 2570. The smallest absolute Gasteiger partial charge is 0.276 e. The quantitative estimate of drug-likeness (QED) is 0.0952. The Balaban J connectivity index is 1.26. The van der Waals surface area contributed by atoms with Crippen LogP contribution in [0.2, 0.25) is 0 Å². The van der Waals surface area contributed by atoms with Crippen LogP contribution in [0.4, 0.5) is 10.3 Å². The number of Topliss-reactive ketones (excluding diaryl/α,β-unsaturated/α-hetero) is 1. The van der Waals surface area contributed by atoms with Crippen molar-refractivity contribution in [2.45, 2.75) is 73.1 Å². The van der Waals surface area contributed by atoms with Gasteiger partial charge in [0.15, 0.2) is 17.2 Å². The van der Waals surface area contributed by atoms with E-state index in [9.17, 15) is 19.2 Å². The molecule has 18 heteroatoms. The van der Waals surface area contributed by atoms with Gasteiger partial charge in [-0.1, -0.05) is 12.2 Å². The van der Waals surface area contributed by atoms with Crippen molar-refractivity contribution in [1.29, 1.82) is 0 Å². The van der Waals surface area contributed by atoms with Crippen LogP contribution in [0.15, 0.2) is 42.6 Å². The number of hydrogen-bond acceptors (Lipinski definition) is 10. The van der Waals surface area contributed by atoms with E-state index in [1.54, 1.807) is 49.7 Å². The molecule has 7 rings (SSSR count). The van der Waals surface area contributed by atoms with Gasteiger partial charge >= 0.3 is 0 Å². The molecule has 0 aliphatic heterocycles. The van der Waals surface area contributed by atoms with E-state index in [1.165, 1.54) is 18.3 Å². The standard InChI is InChI=1S/C38H41FN12O5/c1-5-50-26(13-20(3)46-50)28(52)17-30-43-25-15-23(34(40)53)18-42-36(25)48(30)11-7-8-12-49-33-29(56-19-22-9-10-22)16-24(35(41)54)31(39)32(33)44-38(49)45-37(55)27-14-21(4)47-51(27)6-2/h7-8,13-16,18,22H,5-6,9-12,17,19H2,1-4H3,(H2,40,53)(H2,41,54)(H,44,45,55)/b8-7+. The fourth-order valence-electron chi connectivity index (χ4n) is 6.56. The van der Waals surface area contributed by atoms with E-state index in [1.807, 2.05) is 20.8 Å². The number of ketones is 1. The number of fused-ring (bicyclic) bond motifs is 2. The highest BCUT2D eigenvalue weighted by molar-refractivity contribution is 6.04. The number of allylic oxidation sites excluding steroid dienone is 2. The molecule has 17 nitrogen and oxygen atoms in total. The summed E-state index contributed by atoms with van der Waals surface area (Å²) < 4.78 is 28.6. The number of primary amides is 2. The first-order valence-corrected chi connectivity index (χ1v) is 18.2. The molecule has 5 aromatic heterocycles. The van der Waals surface area contributed by atoms with Gasteiger partial charge in [-0.25, -0.2) is 19.3 Å². The zero-order valence-electron chi connectivity index (χ0n) is 31.4. The van der Waals surface area contributed by atoms with Crippen LogP contribution in [-0.2, 0) is 32.6 Å². The second kappa shape index (κ2) is 15.2. The average Bonchev–Trinajstić information content (AvgIpc) is 3.44. The number of nitrogens with one attached hydrogen (secondary N) is 1. The lowest BCUT2D eigenvalue weighted by Gasteiger charge is -2.13. The Morgan fingerprint density at radius 1 is 0.911 bits per heavy atom. The van der Waals surface area contributed by atoms with Crippen LogP contribution in [0.25, 0.3) is 22.2 Å². The lowest BCUT2D eigenvalue weighted by Crippen LogP contribution is -2.20. The first kappa shape index (κ1) is 37.6. The van der Waals surface area contributed by atoms with Crippen LogP contribution >= 0.6 is 0 Å². The Kier molecular flexibility index (Phi) is 10.2. The summed E-state index contributed by atoms with van der Waals surface area (Å²) in [7, 11) is 0. The number of hydrogen-bond donors (Lipinski definition) is 3. The van der Waals surface area contributed by atoms with Gasteiger partial charge < -0.3 is 25.3 Å². The number of halogens is 1. The molecule has 0 saturated heterocycles. The second-order valence-corrected chi connectivity index (χ2v) is 13.7. The zero-order valence-corrected chi connectivity index (χ0v) is 31.4. The van der Waals surface area contributed by atoms with Crippen LogP contribution in [-0.4, -0.2) is 73.8 Å². The highest BCUT2D eigenvalue weighted by Gasteiger charge is 2.28. The number of aryl methyl sites for hydroxylation is 4. The Morgan fingerprint density at radius 2 is 1.57 bits per heavy atom. The molecule has 56 heavy (non-hydrogen) atoms. The van der Waals surface area contributed by atoms with E-state index in [0.717, 1.165) is 12.8 Å². The number of nitrogens with two attached hydrogens (primary N) is 2. The number of anilines is 1. The van der Waals surface area contributed by atoms with Gasteiger partial charge in [0.05, 0.1) is 35.5 Å². The van der Waals surface area contributed by atoms with Gasteiger partial charge in [-0.05, 0) is 70.7 Å². The number of benzene rings is 1. The maximum Gasteiger partial charge on any atom is 0.276 e. The van der Waals surface area contributed by atoms with E-state index in [2.05, 4.69) is 30.5 Å². The SMILES string of the molecule is CCn1nc(C)cc1C(=O)Cc1nc2cc(C(N)=O)cnc2n1C/C=C/Cn1c(NC(=O)c2cc(C)nn2CC)nc2c(F)c(C(N)=O)cc(OCC3CC3)c21. The maximum absolute atomic E-state index is 16.0. The number of aromatic nitrogens is 9. The largest absolute Gasteiger partial charge is 0.491 e. The van der Waals surface area contributed by atoms with Crippen molar-refractivity contribution in [3.05, 3.63) is 88.2 Å². The number of nitrogens with zero attached hydrogens (tertiary/aromatic N) is 9. The minimum Gasteiger partial charge on any atom is -0.491 e. The van der Waals surface area contributed by atoms with Gasteiger partial charge in [0.2, 0.25) is 11.9 Å². The van der Waals surface area contributed by atoms with Crippen molar-refractivity contribution in [3.63, 3.8) is 0 Å². The monoisotopic (exact) mass is 764 g/mol. The normalized spacial score (nSPS) is 12.9. The van der Waals surface area contributed by atoms with Crippen molar-refractivity contribution in [3.8, 4) is 5.75 Å². The van der Waals surface area contributed by atoms with Gasteiger partial charge in [-0.3, -0.25) is 33.9 Å². The number of imidazole rings is 2. The molecule has 6 aromatic rings. The predicted molar refractivity (Wildman–Crippen MR) is 203 cm³/mol. The molecule has 1 aliphatic carbocycles. The molecule has 1 saturated carbocycles. The summed E-state index contributed by atoms with van der Waals surface area (Å²) in [6, 6.07) is 6.15. The zero-order chi connectivity index (χ0) is 39.8. The lowest BCUT2D eigenvalue weighted by molar-refractivity contribution is 0.0975. The second-order valence-electron chi connectivity index (χ2n) is 13.7. The summed E-state index contributed by atoms with van der Waals surface area (Å²) >= 11 is 0. The van der Waals surface area contributed by atoms with Crippen LogP contribution in [0.3, 0.4) is 0 Å². The summed E-state index contributed by atoms with van der Waals surface area (Å²) in [4.78, 5) is 65.1. The summed E-state index contributed by atoms with van der Waals surface area (Å²) in [5, 5.41) is 11.6. The molecule has 5 heterocycles. The molecular weight excluding hydrogens is 723 g/mol. The van der Waals surface area contributed by atoms with Crippen molar-refractivity contribution in [2.24, 2.45) is 17.4 Å². The average molecular weight is 765 g/mol. The molecule has 1 fully saturated rings. The summed E-state index contributed by atoms with van der Waals surface area (Å²) in [5.41, 5.74) is 13.7. The minimum atomic E-state index is -0.990. The topological polar surface area (TPSA) is 226 Å². The fourth-order valence-corrected chi connectivity index (χ4v) is 6.56. The van der Waals surface area contributed by atoms with Gasteiger partial charge in [-0.15, -0.1) is 0 Å². The van der Waals surface area contributed by atoms with Gasteiger partial charge in [-0.2, -0.15) is 10.2 Å². The maximum atomic E-state index is 16.0. The summed E-state index contributed by atoms with van der Waals surface area (Å²) in [6.07, 6.45) is 6.80. The number of amides is 3.